The van der Waals surface area contributed by atoms with Crippen LogP contribution in [0.15, 0.2) is 0 Å². The van der Waals surface area contributed by atoms with Gasteiger partial charge in [0.25, 0.3) is 0 Å². The van der Waals surface area contributed by atoms with Gasteiger partial charge in [0.1, 0.15) is 12.2 Å². The summed E-state index contributed by atoms with van der Waals surface area (Å²) in [5, 5.41) is 0. The molecule has 0 bridgehead atoms. The Balaban J connectivity index is 1.36. The molecule has 27 heavy (non-hydrogen) atoms. The molecule has 0 radical (unpaired) electrons. The summed E-state index contributed by atoms with van der Waals surface area (Å²) in [6.07, 6.45) is 10.5. The molecule has 0 spiro atoms. The maximum absolute atomic E-state index is 11.8. The van der Waals surface area contributed by atoms with Crippen LogP contribution in [-0.4, -0.2) is 24.1 Å². The van der Waals surface area contributed by atoms with E-state index in [1.165, 1.54) is 45.4 Å². The molecule has 0 amide bonds. The minimum atomic E-state index is -0.127. The number of hydrogen-bond donors (Lipinski definition) is 0. The van der Waals surface area contributed by atoms with Crippen molar-refractivity contribution < 1.29 is 19.1 Å². The fraction of sp³-hybridized carbons (Fsp3) is 0.913. The van der Waals surface area contributed by atoms with E-state index in [0.717, 1.165) is 30.6 Å². The van der Waals surface area contributed by atoms with Crippen LogP contribution >= 0.6 is 0 Å². The Kier molecular flexibility index (Phi) is 3.98. The van der Waals surface area contributed by atoms with Crippen LogP contribution in [0.3, 0.4) is 0 Å². The monoisotopic (exact) mass is 374 g/mol. The first-order chi connectivity index (χ1) is 12.8. The molecule has 9 atom stereocenters. The Labute approximate surface area is 162 Å². The lowest BCUT2D eigenvalue weighted by atomic mass is 9.45. The molecule has 9 unspecified atom stereocenters. The molecule has 1 heterocycles. The lowest BCUT2D eigenvalue weighted by Crippen LogP contribution is -2.54. The molecule has 5 aliphatic rings. The first-order valence-electron chi connectivity index (χ1n) is 11.2. The molecule has 0 aromatic carbocycles. The Bertz CT molecular complexity index is 659. The number of rotatable bonds is 1. The SMILES string of the molecule is CC(=O)OC1CCC2(C)C(CCC3C2CCC2(C)C3CC3CC(=O)OC32)C1. The summed E-state index contributed by atoms with van der Waals surface area (Å²) >= 11 is 0. The lowest BCUT2D eigenvalue weighted by molar-refractivity contribution is -0.165. The second-order valence-electron chi connectivity index (χ2n) is 10.8. The van der Waals surface area contributed by atoms with E-state index in [2.05, 4.69) is 13.8 Å². The summed E-state index contributed by atoms with van der Waals surface area (Å²) in [6, 6.07) is 0. The molecule has 0 N–H and O–H groups in total. The van der Waals surface area contributed by atoms with Crippen LogP contribution in [0.25, 0.3) is 0 Å². The van der Waals surface area contributed by atoms with Crippen molar-refractivity contribution in [3.63, 3.8) is 0 Å². The van der Waals surface area contributed by atoms with Crippen molar-refractivity contribution in [2.75, 3.05) is 0 Å². The van der Waals surface area contributed by atoms with Crippen LogP contribution in [0.2, 0.25) is 0 Å². The Morgan fingerprint density at radius 3 is 2.59 bits per heavy atom. The Morgan fingerprint density at radius 1 is 1.04 bits per heavy atom. The van der Waals surface area contributed by atoms with Crippen LogP contribution in [0.4, 0.5) is 0 Å². The van der Waals surface area contributed by atoms with Crippen LogP contribution in [0.1, 0.15) is 78.6 Å². The molecular formula is C23H34O4. The molecular weight excluding hydrogens is 340 g/mol. The topological polar surface area (TPSA) is 52.6 Å². The maximum atomic E-state index is 11.8. The minimum Gasteiger partial charge on any atom is -0.463 e. The predicted molar refractivity (Wildman–Crippen MR) is 101 cm³/mol. The van der Waals surface area contributed by atoms with Crippen LogP contribution in [0.5, 0.6) is 0 Å². The zero-order valence-electron chi connectivity index (χ0n) is 17.0. The van der Waals surface area contributed by atoms with Crippen molar-refractivity contribution >= 4 is 11.9 Å². The lowest BCUT2D eigenvalue weighted by Gasteiger charge is -2.60. The largest absolute Gasteiger partial charge is 0.463 e. The van der Waals surface area contributed by atoms with E-state index in [1.54, 1.807) is 0 Å². The van der Waals surface area contributed by atoms with E-state index >= 15 is 0 Å². The quantitative estimate of drug-likeness (QED) is 0.634. The van der Waals surface area contributed by atoms with Gasteiger partial charge in [0.2, 0.25) is 0 Å². The second kappa shape index (κ2) is 5.97. The van der Waals surface area contributed by atoms with E-state index in [9.17, 15) is 9.59 Å². The van der Waals surface area contributed by atoms with Gasteiger partial charge in [-0.25, -0.2) is 0 Å². The molecule has 4 heteroatoms. The molecule has 0 aromatic rings. The van der Waals surface area contributed by atoms with Gasteiger partial charge in [-0.1, -0.05) is 13.8 Å². The Hall–Kier alpha value is -1.06. The third-order valence-electron chi connectivity index (χ3n) is 9.71. The van der Waals surface area contributed by atoms with Gasteiger partial charge in [0, 0.05) is 18.3 Å². The molecule has 0 aromatic heterocycles. The van der Waals surface area contributed by atoms with Crippen LogP contribution < -0.4 is 0 Å². The third kappa shape index (κ3) is 2.54. The van der Waals surface area contributed by atoms with Crippen molar-refractivity contribution in [3.8, 4) is 0 Å². The van der Waals surface area contributed by atoms with Crippen molar-refractivity contribution in [3.05, 3.63) is 0 Å². The molecule has 5 rings (SSSR count). The van der Waals surface area contributed by atoms with Crippen molar-refractivity contribution in [1.29, 1.82) is 0 Å². The summed E-state index contributed by atoms with van der Waals surface area (Å²) in [5.41, 5.74) is 0.603. The number of carbonyl (C=O) groups is 2. The first-order valence-corrected chi connectivity index (χ1v) is 11.2. The fourth-order valence-corrected chi connectivity index (χ4v) is 8.52. The highest BCUT2D eigenvalue weighted by molar-refractivity contribution is 5.72. The molecule has 150 valence electrons. The van der Waals surface area contributed by atoms with Crippen LogP contribution in [0, 0.1) is 40.4 Å². The van der Waals surface area contributed by atoms with E-state index in [-0.39, 0.29) is 29.6 Å². The molecule has 5 fully saturated rings. The number of carbonyl (C=O) groups excluding carboxylic acids is 2. The molecule has 4 nitrogen and oxygen atoms in total. The summed E-state index contributed by atoms with van der Waals surface area (Å²) in [6.45, 7) is 6.50. The normalized spacial score (nSPS) is 53.6. The highest BCUT2D eigenvalue weighted by atomic mass is 16.6. The van der Waals surface area contributed by atoms with E-state index in [4.69, 9.17) is 9.47 Å². The van der Waals surface area contributed by atoms with Gasteiger partial charge >= 0.3 is 11.9 Å². The van der Waals surface area contributed by atoms with Gasteiger partial charge < -0.3 is 9.47 Å². The van der Waals surface area contributed by atoms with Gasteiger partial charge in [-0.05, 0) is 80.5 Å². The highest BCUT2D eigenvalue weighted by Crippen LogP contribution is 2.68. The first kappa shape index (κ1) is 18.0. The Morgan fingerprint density at radius 2 is 1.81 bits per heavy atom. The van der Waals surface area contributed by atoms with Gasteiger partial charge in [-0.15, -0.1) is 0 Å². The molecule has 1 aliphatic heterocycles. The standard InChI is InChI=1S/C23H34O4/c1-13(24)26-16-6-8-22(2)15(12-16)4-5-17-18(22)7-9-23(3)19(17)10-14-11-20(25)27-21(14)23/h14-19,21H,4-12H2,1-3H3. The summed E-state index contributed by atoms with van der Waals surface area (Å²) in [4.78, 5) is 23.2. The molecule has 1 saturated heterocycles. The average molecular weight is 375 g/mol. The molecule has 4 aliphatic carbocycles. The van der Waals surface area contributed by atoms with E-state index < -0.39 is 0 Å². The minimum absolute atomic E-state index is 0.0336. The smallest absolute Gasteiger partial charge is 0.306 e. The summed E-state index contributed by atoms with van der Waals surface area (Å²) < 4.78 is 11.4. The maximum Gasteiger partial charge on any atom is 0.306 e. The average Bonchev–Trinajstić information content (AvgIpc) is 3.10. The summed E-state index contributed by atoms with van der Waals surface area (Å²) in [7, 11) is 0. The highest BCUT2D eigenvalue weighted by Gasteiger charge is 2.64. The van der Waals surface area contributed by atoms with E-state index in [0.29, 0.717) is 23.7 Å². The van der Waals surface area contributed by atoms with Crippen molar-refractivity contribution in [2.24, 2.45) is 40.4 Å². The number of ether oxygens (including phenoxy) is 2. The fourth-order valence-electron chi connectivity index (χ4n) is 8.52. The number of hydrogen-bond acceptors (Lipinski definition) is 4. The summed E-state index contributed by atoms with van der Waals surface area (Å²) in [5.74, 6) is 3.38. The zero-order valence-corrected chi connectivity index (χ0v) is 17.0. The number of fused-ring (bicyclic) bond motifs is 7. The molecule has 4 saturated carbocycles. The number of esters is 2. The van der Waals surface area contributed by atoms with Gasteiger partial charge in [0.05, 0.1) is 6.42 Å². The van der Waals surface area contributed by atoms with Crippen LogP contribution in [-0.2, 0) is 19.1 Å². The van der Waals surface area contributed by atoms with Gasteiger partial charge in [-0.3, -0.25) is 9.59 Å². The van der Waals surface area contributed by atoms with E-state index in [1.807, 2.05) is 0 Å². The zero-order chi connectivity index (χ0) is 19.0. The van der Waals surface area contributed by atoms with Gasteiger partial charge in [0.15, 0.2) is 0 Å². The third-order valence-corrected chi connectivity index (χ3v) is 9.71. The van der Waals surface area contributed by atoms with Gasteiger partial charge in [-0.2, -0.15) is 0 Å². The predicted octanol–water partition coefficient (Wildman–Crippen LogP) is 4.50. The van der Waals surface area contributed by atoms with Crippen molar-refractivity contribution in [1.82, 2.24) is 0 Å². The van der Waals surface area contributed by atoms with Crippen molar-refractivity contribution in [2.45, 2.75) is 90.8 Å². The second-order valence-corrected chi connectivity index (χ2v) is 10.8.